The molecule has 1 N–H and O–H groups in total. The zero-order chi connectivity index (χ0) is 13.5. The summed E-state index contributed by atoms with van der Waals surface area (Å²) in [6.45, 7) is 8.23. The van der Waals surface area contributed by atoms with Crippen LogP contribution < -0.4 is 5.43 Å². The summed E-state index contributed by atoms with van der Waals surface area (Å²) in [4.78, 5) is 15.9. The monoisotopic (exact) mass is 267 g/mol. The van der Waals surface area contributed by atoms with E-state index in [1.807, 2.05) is 19.2 Å². The summed E-state index contributed by atoms with van der Waals surface area (Å²) in [7, 11) is 0. The van der Waals surface area contributed by atoms with E-state index in [-0.39, 0.29) is 5.91 Å². The van der Waals surface area contributed by atoms with Crippen LogP contribution in [0.4, 0.5) is 0 Å². The van der Waals surface area contributed by atoms with Gasteiger partial charge < -0.3 is 0 Å². The number of nitrogens with zero attached hydrogens (tertiary/aromatic N) is 2. The predicted octanol–water partition coefficient (Wildman–Crippen LogP) is 2.92. The fraction of sp³-hybridized carbons (Fsp3) is 0.615. The van der Waals surface area contributed by atoms with Crippen LogP contribution in [-0.2, 0) is 11.2 Å². The Hall–Kier alpha value is -1.23. The fourth-order valence-electron chi connectivity index (χ4n) is 1.40. The van der Waals surface area contributed by atoms with Crippen molar-refractivity contribution in [1.29, 1.82) is 0 Å². The van der Waals surface area contributed by atoms with E-state index >= 15 is 0 Å². The minimum atomic E-state index is -0.107. The van der Waals surface area contributed by atoms with Gasteiger partial charge in [0.05, 0.1) is 17.1 Å². The lowest BCUT2D eigenvalue weighted by Gasteiger charge is -2.04. The van der Waals surface area contributed by atoms with Crippen molar-refractivity contribution in [2.45, 2.75) is 47.0 Å². The average Bonchev–Trinajstić information content (AvgIpc) is 2.69. The number of hydrogen-bond acceptors (Lipinski definition) is 4. The lowest BCUT2D eigenvalue weighted by Crippen LogP contribution is -2.21. The number of thiazole rings is 1. The summed E-state index contributed by atoms with van der Waals surface area (Å²) in [5.74, 6) is 0.549. The van der Waals surface area contributed by atoms with Crippen LogP contribution in [0.1, 0.15) is 44.3 Å². The molecule has 100 valence electrons. The van der Waals surface area contributed by atoms with Gasteiger partial charge in [0.15, 0.2) is 0 Å². The largest absolute Gasteiger partial charge is 0.273 e. The van der Waals surface area contributed by atoms with Gasteiger partial charge in [0.2, 0.25) is 5.91 Å². The summed E-state index contributed by atoms with van der Waals surface area (Å²) in [6, 6.07) is 0. The maximum atomic E-state index is 11.6. The van der Waals surface area contributed by atoms with Gasteiger partial charge >= 0.3 is 0 Å². The van der Waals surface area contributed by atoms with Gasteiger partial charge in [0, 0.05) is 11.1 Å². The molecule has 5 heteroatoms. The molecule has 1 rings (SSSR count). The number of aryl methyl sites for hydroxylation is 1. The number of hydrazone groups is 1. The van der Waals surface area contributed by atoms with Crippen molar-refractivity contribution in [1.82, 2.24) is 10.4 Å². The van der Waals surface area contributed by atoms with E-state index < -0.39 is 0 Å². The zero-order valence-corrected chi connectivity index (χ0v) is 12.3. The van der Waals surface area contributed by atoms with Gasteiger partial charge in [-0.25, -0.2) is 10.4 Å². The van der Waals surface area contributed by atoms with Gasteiger partial charge in [-0.05, 0) is 32.6 Å². The van der Waals surface area contributed by atoms with Crippen molar-refractivity contribution in [3.05, 3.63) is 16.1 Å². The Kier molecular flexibility index (Phi) is 5.98. The highest BCUT2D eigenvalue weighted by molar-refractivity contribution is 7.09. The molecule has 0 bridgehead atoms. The highest BCUT2D eigenvalue weighted by Gasteiger charge is 2.05. The molecule has 0 saturated carbocycles. The van der Waals surface area contributed by atoms with Crippen LogP contribution in [0, 0.1) is 12.8 Å². The van der Waals surface area contributed by atoms with Crippen molar-refractivity contribution >= 4 is 23.0 Å². The molecule has 1 heterocycles. The summed E-state index contributed by atoms with van der Waals surface area (Å²) in [6.07, 6.45) is 2.32. The molecule has 4 nitrogen and oxygen atoms in total. The molecule has 0 aliphatic carbocycles. The molecule has 0 saturated heterocycles. The number of carbonyl (C=O) groups is 1. The summed E-state index contributed by atoms with van der Waals surface area (Å²) >= 11 is 1.56. The van der Waals surface area contributed by atoms with Gasteiger partial charge in [0.25, 0.3) is 0 Å². The first kappa shape index (κ1) is 14.8. The number of aromatic nitrogens is 1. The molecule has 0 spiro atoms. The maximum Gasteiger partial charge on any atom is 0.246 e. The molecule has 0 atom stereocenters. The van der Waals surface area contributed by atoms with E-state index in [0.717, 1.165) is 29.3 Å². The van der Waals surface area contributed by atoms with Crippen LogP contribution >= 0.6 is 11.3 Å². The maximum absolute atomic E-state index is 11.6. The molecule has 1 amide bonds. The Morgan fingerprint density at radius 3 is 2.83 bits per heavy atom. The lowest BCUT2D eigenvalue weighted by atomic mass is 10.1. The second kappa shape index (κ2) is 7.26. The molecule has 0 unspecified atom stereocenters. The van der Waals surface area contributed by atoms with Crippen molar-refractivity contribution in [3.8, 4) is 0 Å². The molecule has 0 aliphatic heterocycles. The van der Waals surface area contributed by atoms with E-state index in [0.29, 0.717) is 12.3 Å². The Balaban J connectivity index is 2.34. The molecule has 0 fully saturated rings. The van der Waals surface area contributed by atoms with E-state index in [1.165, 1.54) is 0 Å². The number of carbonyl (C=O) groups excluding carboxylic acids is 1. The molecule has 1 aromatic rings. The summed E-state index contributed by atoms with van der Waals surface area (Å²) in [5.41, 5.74) is 4.35. The molecular weight excluding hydrogens is 246 g/mol. The highest BCUT2D eigenvalue weighted by Crippen LogP contribution is 2.08. The van der Waals surface area contributed by atoms with Gasteiger partial charge in [0.1, 0.15) is 0 Å². The van der Waals surface area contributed by atoms with Gasteiger partial charge in [-0.15, -0.1) is 11.3 Å². The van der Waals surface area contributed by atoms with Crippen LogP contribution in [0.15, 0.2) is 10.5 Å². The summed E-state index contributed by atoms with van der Waals surface area (Å²) in [5, 5.41) is 6.98. The standard InChI is InChI=1S/C13H21N3OS/c1-9(2)5-6-10(3)15-16-13(17)7-12-8-18-11(4)14-12/h8-9H,5-7H2,1-4H3,(H,16,17)/b15-10-. The van der Waals surface area contributed by atoms with Gasteiger partial charge in [-0.3, -0.25) is 4.79 Å². The van der Waals surface area contributed by atoms with E-state index in [9.17, 15) is 4.79 Å². The number of nitrogens with one attached hydrogen (secondary N) is 1. The van der Waals surface area contributed by atoms with Crippen LogP contribution in [-0.4, -0.2) is 16.6 Å². The van der Waals surface area contributed by atoms with Crippen LogP contribution in [0.25, 0.3) is 0 Å². The second-order valence-corrected chi connectivity index (χ2v) is 5.91. The first-order valence-electron chi connectivity index (χ1n) is 6.20. The molecule has 0 aliphatic rings. The van der Waals surface area contributed by atoms with Crippen LogP contribution in [0.2, 0.25) is 0 Å². The molecular formula is C13H21N3OS. The Morgan fingerprint density at radius 2 is 2.28 bits per heavy atom. The van der Waals surface area contributed by atoms with Crippen LogP contribution in [0.5, 0.6) is 0 Å². The molecule has 0 radical (unpaired) electrons. The Labute approximate surface area is 113 Å². The van der Waals surface area contributed by atoms with Crippen LogP contribution in [0.3, 0.4) is 0 Å². The van der Waals surface area contributed by atoms with Crippen molar-refractivity contribution in [2.24, 2.45) is 11.0 Å². The summed E-state index contributed by atoms with van der Waals surface area (Å²) < 4.78 is 0. The average molecular weight is 267 g/mol. The smallest absolute Gasteiger partial charge is 0.246 e. The number of rotatable bonds is 6. The first-order valence-corrected chi connectivity index (χ1v) is 7.08. The molecule has 0 aromatic carbocycles. The van der Waals surface area contributed by atoms with Crippen molar-refractivity contribution in [3.63, 3.8) is 0 Å². The van der Waals surface area contributed by atoms with Crippen molar-refractivity contribution < 1.29 is 4.79 Å². The third-order valence-electron chi connectivity index (χ3n) is 2.46. The first-order chi connectivity index (χ1) is 8.47. The fourth-order valence-corrected chi connectivity index (χ4v) is 2.02. The van der Waals surface area contributed by atoms with E-state index in [1.54, 1.807) is 11.3 Å². The minimum Gasteiger partial charge on any atom is -0.273 e. The molecule has 18 heavy (non-hydrogen) atoms. The predicted molar refractivity (Wildman–Crippen MR) is 75.9 cm³/mol. The SMILES string of the molecule is C/C(CCC(C)C)=N/NC(=O)Cc1csc(C)n1. The Bertz CT molecular complexity index is 424. The zero-order valence-electron chi connectivity index (χ0n) is 11.5. The minimum absolute atomic E-state index is 0.107. The molecule has 1 aromatic heterocycles. The lowest BCUT2D eigenvalue weighted by molar-refractivity contribution is -0.120. The van der Waals surface area contributed by atoms with Gasteiger partial charge in [-0.2, -0.15) is 5.10 Å². The normalized spacial score (nSPS) is 11.9. The van der Waals surface area contributed by atoms with Gasteiger partial charge in [-0.1, -0.05) is 13.8 Å². The van der Waals surface area contributed by atoms with E-state index in [2.05, 4.69) is 29.4 Å². The van der Waals surface area contributed by atoms with Crippen molar-refractivity contribution in [2.75, 3.05) is 0 Å². The third kappa shape index (κ3) is 5.91. The number of amides is 1. The topological polar surface area (TPSA) is 54.4 Å². The second-order valence-electron chi connectivity index (χ2n) is 4.85. The quantitative estimate of drug-likeness (QED) is 0.636. The Morgan fingerprint density at radius 1 is 1.56 bits per heavy atom. The third-order valence-corrected chi connectivity index (χ3v) is 3.29. The highest BCUT2D eigenvalue weighted by atomic mass is 32.1. The number of hydrogen-bond donors (Lipinski definition) is 1. The van der Waals surface area contributed by atoms with E-state index in [4.69, 9.17) is 0 Å².